The van der Waals surface area contributed by atoms with Gasteiger partial charge in [-0.3, -0.25) is 0 Å². The Morgan fingerprint density at radius 2 is 2.67 bits per heavy atom. The zero-order valence-electron chi connectivity index (χ0n) is 4.77. The molecule has 0 fully saturated rings. The molecule has 5 heteroatoms. The fourth-order valence-electron chi connectivity index (χ4n) is 0.226. The van der Waals surface area contributed by atoms with E-state index in [1.165, 1.54) is 13.3 Å². The van der Waals surface area contributed by atoms with Crippen molar-refractivity contribution in [3.8, 4) is 6.19 Å². The largest absolute Gasteiger partial charge is 0.475 e. The fraction of sp³-hybridized carbons (Fsp3) is 0.250. The summed E-state index contributed by atoms with van der Waals surface area (Å²) < 4.78 is 4.45. The van der Waals surface area contributed by atoms with Gasteiger partial charge in [-0.25, -0.2) is 0 Å². The Kier molecular flexibility index (Phi) is 3.67. The molecule has 0 rings (SSSR count). The molecule has 9 heavy (non-hydrogen) atoms. The summed E-state index contributed by atoms with van der Waals surface area (Å²) in [6.45, 7) is 0. The van der Waals surface area contributed by atoms with Crippen LogP contribution in [0.4, 0.5) is 0 Å². The minimum Gasteiger partial charge on any atom is -0.475 e. The second kappa shape index (κ2) is 4.50. The second-order valence-corrected chi connectivity index (χ2v) is 0.999. The Hall–Kier alpha value is -1.66. The number of aliphatic imine (C=N–C) groups is 1. The van der Waals surface area contributed by atoms with Crippen molar-refractivity contribution in [2.75, 3.05) is 7.11 Å². The predicted octanol–water partition coefficient (Wildman–Crippen LogP) is -0.187. The van der Waals surface area contributed by atoms with Gasteiger partial charge in [0.25, 0.3) is 0 Å². The van der Waals surface area contributed by atoms with E-state index in [9.17, 15) is 0 Å². The van der Waals surface area contributed by atoms with Gasteiger partial charge in [-0.2, -0.15) is 10.1 Å². The van der Waals surface area contributed by atoms with Crippen LogP contribution in [0, 0.1) is 11.5 Å². The second-order valence-electron chi connectivity index (χ2n) is 0.999. The standard InChI is InChI=1S/C4H4N4O/c1-9-4(2-8-6)7-3-5/h2H,1H3. The van der Waals surface area contributed by atoms with Gasteiger partial charge in [0.05, 0.1) is 7.11 Å². The maximum Gasteiger partial charge on any atom is 0.342 e. The summed E-state index contributed by atoms with van der Waals surface area (Å²) in [7, 11) is 1.32. The van der Waals surface area contributed by atoms with Gasteiger partial charge >= 0.3 is 12.1 Å². The summed E-state index contributed by atoms with van der Waals surface area (Å²) in [6.07, 6.45) is 2.38. The lowest BCUT2D eigenvalue weighted by atomic mass is 10.7. The first-order valence-corrected chi connectivity index (χ1v) is 2.03. The average molecular weight is 124 g/mol. The van der Waals surface area contributed by atoms with Crippen molar-refractivity contribution >= 4 is 12.1 Å². The molecule has 0 saturated heterocycles. The molecule has 0 N–H and O–H groups in total. The highest BCUT2D eigenvalue weighted by Gasteiger charge is 1.94. The van der Waals surface area contributed by atoms with Crippen LogP contribution in [0.25, 0.3) is 5.53 Å². The molecule has 0 radical (unpaired) electrons. The lowest BCUT2D eigenvalue weighted by molar-refractivity contribution is 0.00513. The summed E-state index contributed by atoms with van der Waals surface area (Å²) in [4.78, 5) is 5.72. The van der Waals surface area contributed by atoms with Crippen LogP contribution in [0.15, 0.2) is 4.99 Å². The van der Waals surface area contributed by atoms with Gasteiger partial charge in [0.1, 0.15) is 0 Å². The van der Waals surface area contributed by atoms with Crippen LogP contribution < -0.4 is 0 Å². The highest BCUT2D eigenvalue weighted by Crippen LogP contribution is 1.71. The molecule has 5 nitrogen and oxygen atoms in total. The van der Waals surface area contributed by atoms with Crippen molar-refractivity contribution < 1.29 is 9.53 Å². The topological polar surface area (TPSA) is 81.8 Å². The van der Waals surface area contributed by atoms with E-state index in [0.29, 0.717) is 0 Å². The predicted molar refractivity (Wildman–Crippen MR) is 29.7 cm³/mol. The van der Waals surface area contributed by atoms with Crippen molar-refractivity contribution in [2.24, 2.45) is 4.99 Å². The molecule has 0 unspecified atom stereocenters. The molecule has 0 atom stereocenters. The lowest BCUT2D eigenvalue weighted by Gasteiger charge is -1.84. The van der Waals surface area contributed by atoms with Gasteiger partial charge in [-0.15, -0.1) is 4.99 Å². The van der Waals surface area contributed by atoms with Crippen molar-refractivity contribution in [1.29, 1.82) is 5.26 Å². The Morgan fingerprint density at radius 3 is 3.00 bits per heavy atom. The normalized spacial score (nSPS) is 9.11. The lowest BCUT2D eigenvalue weighted by Crippen LogP contribution is -2.01. The Bertz CT molecular complexity index is 195. The molecule has 0 saturated carbocycles. The molecule has 0 aromatic carbocycles. The molecule has 0 aromatic heterocycles. The molecule has 46 valence electrons. The van der Waals surface area contributed by atoms with E-state index in [-0.39, 0.29) is 5.90 Å². The Balaban J connectivity index is 4.19. The van der Waals surface area contributed by atoms with Gasteiger partial charge in [0, 0.05) is 0 Å². The quantitative estimate of drug-likeness (QED) is 0.159. The van der Waals surface area contributed by atoms with Crippen molar-refractivity contribution in [2.45, 2.75) is 0 Å². The minimum absolute atomic E-state index is 0.0278. The average Bonchev–Trinajstić information content (AvgIpc) is 1.88. The summed E-state index contributed by atoms with van der Waals surface area (Å²) in [5.41, 5.74) is 7.89. The Labute approximate surface area is 51.8 Å². The van der Waals surface area contributed by atoms with E-state index in [1.807, 2.05) is 0 Å². The number of hydrogen-bond donors (Lipinski definition) is 0. The van der Waals surface area contributed by atoms with Crippen LogP contribution in [0.2, 0.25) is 0 Å². The zero-order chi connectivity index (χ0) is 7.11. The fourth-order valence-corrected chi connectivity index (χ4v) is 0.226. The molecule has 0 aliphatic rings. The third-order valence-electron chi connectivity index (χ3n) is 0.538. The first kappa shape index (κ1) is 7.34. The summed E-state index contributed by atoms with van der Waals surface area (Å²) in [6, 6.07) is 0. The van der Waals surface area contributed by atoms with Crippen LogP contribution >= 0.6 is 0 Å². The van der Waals surface area contributed by atoms with E-state index >= 15 is 0 Å². The molecule has 0 spiro atoms. The minimum atomic E-state index is -0.0278. The van der Waals surface area contributed by atoms with Crippen LogP contribution in [0.3, 0.4) is 0 Å². The molecular formula is C4H4N4O. The molecule has 0 aromatic rings. The number of nitrogens with zero attached hydrogens (tertiary/aromatic N) is 4. The third kappa shape index (κ3) is 2.97. The molecule has 0 aliphatic carbocycles. The Morgan fingerprint density at radius 1 is 2.00 bits per heavy atom. The first-order chi connectivity index (χ1) is 4.35. The number of hydrogen-bond acceptors (Lipinski definition) is 3. The van der Waals surface area contributed by atoms with E-state index in [4.69, 9.17) is 10.8 Å². The van der Waals surface area contributed by atoms with Crippen LogP contribution in [0.1, 0.15) is 0 Å². The van der Waals surface area contributed by atoms with E-state index in [1.54, 1.807) is 0 Å². The SMILES string of the molecule is COC(C=[N+]=[N-])=NC#N. The maximum absolute atomic E-state index is 7.93. The number of nitriles is 1. The third-order valence-corrected chi connectivity index (χ3v) is 0.538. The maximum atomic E-state index is 7.93. The van der Waals surface area contributed by atoms with Gasteiger partial charge in [0.15, 0.2) is 0 Å². The van der Waals surface area contributed by atoms with E-state index in [2.05, 4.69) is 14.5 Å². The van der Waals surface area contributed by atoms with Gasteiger partial charge in [-0.05, 0) is 0 Å². The van der Waals surface area contributed by atoms with Crippen molar-refractivity contribution in [3.05, 3.63) is 5.53 Å². The molecule has 0 bridgehead atoms. The summed E-state index contributed by atoms with van der Waals surface area (Å²) in [5, 5.41) is 7.93. The van der Waals surface area contributed by atoms with Crippen LogP contribution in [-0.2, 0) is 4.74 Å². The number of methoxy groups -OCH3 is 1. The summed E-state index contributed by atoms with van der Waals surface area (Å²) in [5.74, 6) is -0.0278. The van der Waals surface area contributed by atoms with Crippen LogP contribution in [-0.4, -0.2) is 24.0 Å². The van der Waals surface area contributed by atoms with Gasteiger partial charge < -0.3 is 10.3 Å². The highest BCUT2D eigenvalue weighted by atomic mass is 16.5. The molecular weight excluding hydrogens is 120 g/mol. The molecule has 0 heterocycles. The molecule has 0 amide bonds. The first-order valence-electron chi connectivity index (χ1n) is 2.03. The highest BCUT2D eigenvalue weighted by molar-refractivity contribution is 6.24. The number of ether oxygens (including phenoxy) is 1. The van der Waals surface area contributed by atoms with Crippen molar-refractivity contribution in [3.63, 3.8) is 0 Å². The van der Waals surface area contributed by atoms with Gasteiger partial charge in [0.2, 0.25) is 6.19 Å². The van der Waals surface area contributed by atoms with E-state index < -0.39 is 0 Å². The van der Waals surface area contributed by atoms with Gasteiger partial charge in [-0.1, -0.05) is 0 Å². The zero-order valence-corrected chi connectivity index (χ0v) is 4.77. The van der Waals surface area contributed by atoms with Crippen LogP contribution in [0.5, 0.6) is 0 Å². The molecule has 0 aliphatic heterocycles. The van der Waals surface area contributed by atoms with E-state index in [0.717, 1.165) is 6.21 Å². The smallest absolute Gasteiger partial charge is 0.342 e. The monoisotopic (exact) mass is 124 g/mol. The number of rotatable bonds is 1. The van der Waals surface area contributed by atoms with Crippen molar-refractivity contribution in [1.82, 2.24) is 0 Å². The summed E-state index contributed by atoms with van der Waals surface area (Å²) >= 11 is 0.